The van der Waals surface area contributed by atoms with Gasteiger partial charge in [-0.3, -0.25) is 5.10 Å². The van der Waals surface area contributed by atoms with Crippen molar-refractivity contribution in [2.24, 2.45) is 0 Å². The van der Waals surface area contributed by atoms with Gasteiger partial charge >= 0.3 is 5.97 Å². The van der Waals surface area contributed by atoms with Crippen molar-refractivity contribution in [3.05, 3.63) is 41.2 Å². The van der Waals surface area contributed by atoms with Gasteiger partial charge in [0, 0.05) is 18.3 Å². The standard InChI is InChI=1S/C12H13N3O5S/c1-7-2-10(16)9(12(17)18)3-11(7)21(19,20)15-6-8-4-13-14-5-8/h2-5,15-16H,6H2,1H3,(H,13,14)(H,17,18). The molecule has 0 unspecified atom stereocenters. The number of aromatic nitrogens is 2. The van der Waals surface area contributed by atoms with Gasteiger partial charge in [-0.05, 0) is 24.6 Å². The number of hydrogen-bond acceptors (Lipinski definition) is 5. The van der Waals surface area contributed by atoms with E-state index in [1.807, 2.05) is 0 Å². The normalized spacial score (nSPS) is 11.5. The number of aryl methyl sites for hydroxylation is 1. The first-order valence-corrected chi connectivity index (χ1v) is 7.34. The van der Waals surface area contributed by atoms with E-state index >= 15 is 0 Å². The van der Waals surface area contributed by atoms with Gasteiger partial charge in [0.05, 0.1) is 11.1 Å². The van der Waals surface area contributed by atoms with Crippen LogP contribution in [0, 0.1) is 6.92 Å². The third kappa shape index (κ3) is 3.20. The van der Waals surface area contributed by atoms with Crippen molar-refractivity contribution in [1.82, 2.24) is 14.9 Å². The molecule has 8 nitrogen and oxygen atoms in total. The monoisotopic (exact) mass is 311 g/mol. The second-order valence-corrected chi connectivity index (χ2v) is 6.11. The predicted octanol–water partition coefficient (Wildman–Crippen LogP) is 0.600. The first-order chi connectivity index (χ1) is 9.81. The zero-order chi connectivity index (χ0) is 15.6. The van der Waals surface area contributed by atoms with Crippen molar-refractivity contribution in [1.29, 1.82) is 0 Å². The molecule has 0 bridgehead atoms. The summed E-state index contributed by atoms with van der Waals surface area (Å²) in [6.07, 6.45) is 3.00. The van der Waals surface area contributed by atoms with Crippen LogP contribution in [0.25, 0.3) is 0 Å². The molecule has 4 N–H and O–H groups in total. The Morgan fingerprint density at radius 3 is 2.71 bits per heavy atom. The third-order valence-corrected chi connectivity index (χ3v) is 4.38. The molecule has 2 aromatic rings. The number of aromatic hydroxyl groups is 1. The van der Waals surface area contributed by atoms with Gasteiger partial charge in [-0.15, -0.1) is 0 Å². The van der Waals surface area contributed by atoms with Crippen molar-refractivity contribution in [2.75, 3.05) is 0 Å². The number of carboxylic acid groups (broad SMARTS) is 1. The first-order valence-electron chi connectivity index (χ1n) is 5.85. The number of carboxylic acids is 1. The molecule has 0 saturated carbocycles. The zero-order valence-electron chi connectivity index (χ0n) is 11.0. The maximum Gasteiger partial charge on any atom is 0.339 e. The van der Waals surface area contributed by atoms with Crippen molar-refractivity contribution >= 4 is 16.0 Å². The van der Waals surface area contributed by atoms with E-state index in [1.165, 1.54) is 19.3 Å². The van der Waals surface area contributed by atoms with Gasteiger partial charge in [0.15, 0.2) is 0 Å². The van der Waals surface area contributed by atoms with E-state index in [2.05, 4.69) is 14.9 Å². The van der Waals surface area contributed by atoms with E-state index in [9.17, 15) is 18.3 Å². The maximum absolute atomic E-state index is 12.2. The van der Waals surface area contributed by atoms with Gasteiger partial charge in [-0.1, -0.05) is 0 Å². The van der Waals surface area contributed by atoms with Crippen LogP contribution in [0.15, 0.2) is 29.4 Å². The van der Waals surface area contributed by atoms with Gasteiger partial charge in [-0.25, -0.2) is 17.9 Å². The summed E-state index contributed by atoms with van der Waals surface area (Å²) in [5, 5.41) is 24.7. The molecule has 0 aliphatic carbocycles. The molecule has 1 aromatic carbocycles. The molecule has 112 valence electrons. The van der Waals surface area contributed by atoms with Crippen LogP contribution in [0.1, 0.15) is 21.5 Å². The Kier molecular flexibility index (Phi) is 3.96. The largest absolute Gasteiger partial charge is 0.507 e. The summed E-state index contributed by atoms with van der Waals surface area (Å²) in [6, 6.07) is 2.04. The highest BCUT2D eigenvalue weighted by Crippen LogP contribution is 2.25. The van der Waals surface area contributed by atoms with Crippen LogP contribution in [0.2, 0.25) is 0 Å². The summed E-state index contributed by atoms with van der Waals surface area (Å²) in [4.78, 5) is 10.8. The minimum absolute atomic E-state index is 0.0154. The number of H-pyrrole nitrogens is 1. The molecule has 0 amide bonds. The van der Waals surface area contributed by atoms with E-state index < -0.39 is 27.3 Å². The molecule has 0 spiro atoms. The number of rotatable bonds is 5. The lowest BCUT2D eigenvalue weighted by molar-refractivity contribution is 0.0693. The summed E-state index contributed by atoms with van der Waals surface area (Å²) < 4.78 is 26.8. The molecule has 0 aliphatic heterocycles. The van der Waals surface area contributed by atoms with Crippen LogP contribution in [-0.4, -0.2) is 34.8 Å². The number of nitrogens with zero attached hydrogens (tertiary/aromatic N) is 1. The first kappa shape index (κ1) is 15.0. The molecule has 1 aromatic heterocycles. The van der Waals surface area contributed by atoms with Crippen LogP contribution in [0.3, 0.4) is 0 Å². The lowest BCUT2D eigenvalue weighted by Crippen LogP contribution is -2.24. The summed E-state index contributed by atoms with van der Waals surface area (Å²) >= 11 is 0. The highest BCUT2D eigenvalue weighted by atomic mass is 32.2. The number of carbonyl (C=O) groups is 1. The van der Waals surface area contributed by atoms with E-state index in [0.29, 0.717) is 5.56 Å². The molecule has 2 rings (SSSR count). The molecule has 21 heavy (non-hydrogen) atoms. The van der Waals surface area contributed by atoms with Gasteiger partial charge in [0.2, 0.25) is 10.0 Å². The molecule has 0 atom stereocenters. The van der Waals surface area contributed by atoms with Crippen LogP contribution in [0.4, 0.5) is 0 Å². The molecule has 0 aliphatic rings. The molecule has 0 fully saturated rings. The van der Waals surface area contributed by atoms with Crippen LogP contribution < -0.4 is 4.72 Å². The third-order valence-electron chi connectivity index (χ3n) is 2.83. The van der Waals surface area contributed by atoms with Crippen molar-refractivity contribution in [3.8, 4) is 5.75 Å². The Morgan fingerprint density at radius 2 is 2.14 bits per heavy atom. The Bertz CT molecular complexity index is 768. The fourth-order valence-corrected chi connectivity index (χ4v) is 3.03. The molecule has 0 radical (unpaired) electrons. The number of nitrogens with one attached hydrogen (secondary N) is 2. The number of benzene rings is 1. The zero-order valence-corrected chi connectivity index (χ0v) is 11.8. The van der Waals surface area contributed by atoms with Crippen molar-refractivity contribution < 1.29 is 23.4 Å². The van der Waals surface area contributed by atoms with Crippen LogP contribution in [-0.2, 0) is 16.6 Å². The number of aromatic carboxylic acids is 1. The SMILES string of the molecule is Cc1cc(O)c(C(=O)O)cc1S(=O)(=O)NCc1cn[nH]c1. The van der Waals surface area contributed by atoms with Crippen LogP contribution in [0.5, 0.6) is 5.75 Å². The van der Waals surface area contributed by atoms with E-state index in [4.69, 9.17) is 5.11 Å². The molecule has 1 heterocycles. The lowest BCUT2D eigenvalue weighted by Gasteiger charge is -2.10. The Balaban J connectivity index is 2.35. The molecule has 9 heteroatoms. The summed E-state index contributed by atoms with van der Waals surface area (Å²) in [6.45, 7) is 1.49. The second kappa shape index (κ2) is 5.54. The minimum atomic E-state index is -3.91. The van der Waals surface area contributed by atoms with E-state index in [1.54, 1.807) is 0 Å². The Morgan fingerprint density at radius 1 is 1.43 bits per heavy atom. The molecule has 0 saturated heterocycles. The van der Waals surface area contributed by atoms with E-state index in [-0.39, 0.29) is 17.0 Å². The van der Waals surface area contributed by atoms with Gasteiger partial charge in [0.25, 0.3) is 0 Å². The van der Waals surface area contributed by atoms with Gasteiger partial charge in [-0.2, -0.15) is 5.10 Å². The van der Waals surface area contributed by atoms with Crippen LogP contribution >= 0.6 is 0 Å². The van der Waals surface area contributed by atoms with Crippen molar-refractivity contribution in [2.45, 2.75) is 18.4 Å². The Labute approximate surface area is 120 Å². The van der Waals surface area contributed by atoms with Gasteiger partial charge < -0.3 is 10.2 Å². The number of aromatic amines is 1. The fraction of sp³-hybridized carbons (Fsp3) is 0.167. The highest BCUT2D eigenvalue weighted by Gasteiger charge is 2.21. The molecular formula is C12H13N3O5S. The summed E-state index contributed by atoms with van der Waals surface area (Å²) in [7, 11) is -3.91. The topological polar surface area (TPSA) is 132 Å². The minimum Gasteiger partial charge on any atom is -0.507 e. The predicted molar refractivity (Wildman–Crippen MR) is 72.4 cm³/mol. The summed E-state index contributed by atoms with van der Waals surface area (Å²) in [5.74, 6) is -1.88. The average Bonchev–Trinajstić information content (AvgIpc) is 2.88. The Hall–Kier alpha value is -2.39. The van der Waals surface area contributed by atoms with Gasteiger partial charge in [0.1, 0.15) is 11.3 Å². The molecular weight excluding hydrogens is 298 g/mol. The highest BCUT2D eigenvalue weighted by molar-refractivity contribution is 7.89. The number of phenols is 1. The summed E-state index contributed by atoms with van der Waals surface area (Å²) in [5.41, 5.74) is 0.412. The number of sulfonamides is 1. The lowest BCUT2D eigenvalue weighted by atomic mass is 10.1. The average molecular weight is 311 g/mol. The fourth-order valence-electron chi connectivity index (χ4n) is 1.76. The quantitative estimate of drug-likeness (QED) is 0.639. The van der Waals surface area contributed by atoms with Crippen molar-refractivity contribution in [3.63, 3.8) is 0 Å². The maximum atomic E-state index is 12.2. The second-order valence-electron chi connectivity index (χ2n) is 4.37. The smallest absolute Gasteiger partial charge is 0.339 e. The number of hydrogen-bond donors (Lipinski definition) is 4. The van der Waals surface area contributed by atoms with E-state index in [0.717, 1.165) is 12.1 Å².